The highest BCUT2D eigenvalue weighted by atomic mass is 35.5. The fraction of sp³-hybridized carbons (Fsp3) is 0.118. The Labute approximate surface area is 143 Å². The van der Waals surface area contributed by atoms with E-state index in [0.29, 0.717) is 16.5 Å². The van der Waals surface area contributed by atoms with Crippen molar-refractivity contribution in [3.05, 3.63) is 59.5 Å². The number of anilines is 2. The molecule has 6 nitrogen and oxygen atoms in total. The standard InChI is InChI=1S/C17H15ClN6/c18-13-9-22-24-10-11(8-21-17(13)24)5-6-20-15-7-16(19)23-14-4-2-1-3-12(14)15/h1-4,7-10H,5-6H2,(H3,19,20,23). The van der Waals surface area contributed by atoms with Gasteiger partial charge in [-0.2, -0.15) is 5.10 Å². The molecule has 0 aliphatic carbocycles. The highest BCUT2D eigenvalue weighted by Gasteiger charge is 2.06. The summed E-state index contributed by atoms with van der Waals surface area (Å²) in [7, 11) is 0. The number of hydrogen-bond acceptors (Lipinski definition) is 5. The van der Waals surface area contributed by atoms with Gasteiger partial charge in [-0.3, -0.25) is 0 Å². The first-order valence-electron chi connectivity index (χ1n) is 7.57. The molecule has 0 bridgehead atoms. The number of nitrogens with one attached hydrogen (secondary N) is 1. The van der Waals surface area contributed by atoms with Crippen LogP contribution in [0, 0.1) is 0 Å². The van der Waals surface area contributed by atoms with Gasteiger partial charge in [-0.1, -0.05) is 29.8 Å². The number of pyridine rings is 1. The first-order valence-corrected chi connectivity index (χ1v) is 7.95. The average Bonchev–Trinajstić information content (AvgIpc) is 2.95. The number of aromatic nitrogens is 4. The van der Waals surface area contributed by atoms with Crippen molar-refractivity contribution in [2.24, 2.45) is 0 Å². The molecule has 0 saturated heterocycles. The number of rotatable bonds is 4. The van der Waals surface area contributed by atoms with Crippen molar-refractivity contribution in [2.45, 2.75) is 6.42 Å². The normalized spacial score (nSPS) is 11.2. The van der Waals surface area contributed by atoms with Gasteiger partial charge in [0.25, 0.3) is 0 Å². The van der Waals surface area contributed by atoms with Crippen molar-refractivity contribution in [1.29, 1.82) is 0 Å². The Morgan fingerprint density at radius 1 is 1.21 bits per heavy atom. The summed E-state index contributed by atoms with van der Waals surface area (Å²) in [5, 5.41) is 9.21. The van der Waals surface area contributed by atoms with E-state index in [4.69, 9.17) is 17.3 Å². The summed E-state index contributed by atoms with van der Waals surface area (Å²) < 4.78 is 1.69. The topological polar surface area (TPSA) is 81.1 Å². The fourth-order valence-corrected chi connectivity index (χ4v) is 2.88. The van der Waals surface area contributed by atoms with Gasteiger partial charge in [-0.25, -0.2) is 14.5 Å². The van der Waals surface area contributed by atoms with Gasteiger partial charge < -0.3 is 11.1 Å². The molecule has 3 heterocycles. The van der Waals surface area contributed by atoms with Gasteiger partial charge in [0.15, 0.2) is 5.65 Å². The summed E-state index contributed by atoms with van der Waals surface area (Å²) in [4.78, 5) is 8.68. The van der Waals surface area contributed by atoms with Crippen molar-refractivity contribution in [3.63, 3.8) is 0 Å². The number of nitrogen functional groups attached to an aromatic ring is 1. The first-order chi connectivity index (χ1) is 11.7. The zero-order chi connectivity index (χ0) is 16.5. The summed E-state index contributed by atoms with van der Waals surface area (Å²) in [6.07, 6.45) is 6.16. The smallest absolute Gasteiger partial charge is 0.173 e. The minimum atomic E-state index is 0.505. The summed E-state index contributed by atoms with van der Waals surface area (Å²) in [5.41, 5.74) is 9.49. The maximum Gasteiger partial charge on any atom is 0.173 e. The van der Waals surface area contributed by atoms with Crippen LogP contribution in [0.2, 0.25) is 5.02 Å². The quantitative estimate of drug-likeness (QED) is 0.597. The van der Waals surface area contributed by atoms with Crippen LogP contribution in [-0.2, 0) is 6.42 Å². The van der Waals surface area contributed by atoms with Crippen LogP contribution in [0.5, 0.6) is 0 Å². The molecule has 24 heavy (non-hydrogen) atoms. The molecular formula is C17H15ClN6. The number of hydrogen-bond donors (Lipinski definition) is 2. The predicted octanol–water partition coefficient (Wildman–Crippen LogP) is 3.17. The third kappa shape index (κ3) is 2.72. The van der Waals surface area contributed by atoms with E-state index >= 15 is 0 Å². The third-order valence-electron chi connectivity index (χ3n) is 3.83. The molecule has 0 spiro atoms. The van der Waals surface area contributed by atoms with E-state index in [1.54, 1.807) is 10.7 Å². The molecule has 3 N–H and O–H groups in total. The Balaban J connectivity index is 1.52. The predicted molar refractivity (Wildman–Crippen MR) is 96.3 cm³/mol. The van der Waals surface area contributed by atoms with E-state index in [1.807, 2.05) is 42.7 Å². The second-order valence-corrected chi connectivity index (χ2v) is 5.92. The molecule has 0 aliphatic rings. The molecule has 7 heteroatoms. The van der Waals surface area contributed by atoms with Gasteiger partial charge in [0, 0.05) is 36.1 Å². The van der Waals surface area contributed by atoms with E-state index in [2.05, 4.69) is 20.4 Å². The maximum atomic E-state index is 6.00. The second kappa shape index (κ2) is 5.98. The van der Waals surface area contributed by atoms with Crippen LogP contribution in [0.1, 0.15) is 5.56 Å². The molecule has 0 saturated carbocycles. The highest BCUT2D eigenvalue weighted by Crippen LogP contribution is 2.24. The number of halogens is 1. The Hall–Kier alpha value is -2.86. The number of fused-ring (bicyclic) bond motifs is 2. The van der Waals surface area contributed by atoms with E-state index in [1.165, 1.54) is 0 Å². The largest absolute Gasteiger partial charge is 0.384 e. The van der Waals surface area contributed by atoms with E-state index in [9.17, 15) is 0 Å². The Bertz CT molecular complexity index is 1030. The van der Waals surface area contributed by atoms with Crippen LogP contribution < -0.4 is 11.1 Å². The Kier molecular flexibility index (Phi) is 3.66. The van der Waals surface area contributed by atoms with Gasteiger partial charge in [0.2, 0.25) is 0 Å². The molecular weight excluding hydrogens is 324 g/mol. The minimum Gasteiger partial charge on any atom is -0.384 e. The Morgan fingerprint density at radius 3 is 3.00 bits per heavy atom. The molecule has 0 atom stereocenters. The van der Waals surface area contributed by atoms with Gasteiger partial charge in [-0.15, -0.1) is 0 Å². The minimum absolute atomic E-state index is 0.505. The lowest BCUT2D eigenvalue weighted by Gasteiger charge is -2.10. The summed E-state index contributed by atoms with van der Waals surface area (Å²) in [6.45, 7) is 0.746. The summed E-state index contributed by atoms with van der Waals surface area (Å²) in [6, 6.07) is 9.79. The zero-order valence-electron chi connectivity index (χ0n) is 12.8. The zero-order valence-corrected chi connectivity index (χ0v) is 13.5. The average molecular weight is 339 g/mol. The van der Waals surface area contributed by atoms with E-state index in [-0.39, 0.29) is 0 Å². The van der Waals surface area contributed by atoms with Crippen molar-refractivity contribution in [1.82, 2.24) is 19.6 Å². The second-order valence-electron chi connectivity index (χ2n) is 5.51. The lowest BCUT2D eigenvalue weighted by molar-refractivity contribution is 0.897. The van der Waals surface area contributed by atoms with Crippen LogP contribution in [0.25, 0.3) is 16.6 Å². The number of nitrogens with two attached hydrogens (primary N) is 1. The van der Waals surface area contributed by atoms with Gasteiger partial charge in [0.05, 0.1) is 11.7 Å². The van der Waals surface area contributed by atoms with E-state index in [0.717, 1.165) is 35.1 Å². The van der Waals surface area contributed by atoms with Crippen LogP contribution >= 0.6 is 11.6 Å². The van der Waals surface area contributed by atoms with Crippen LogP contribution in [0.4, 0.5) is 11.5 Å². The molecule has 0 unspecified atom stereocenters. The molecule has 0 fully saturated rings. The molecule has 4 aromatic rings. The number of nitrogens with zero attached hydrogens (tertiary/aromatic N) is 4. The lowest BCUT2D eigenvalue weighted by Crippen LogP contribution is -2.07. The molecule has 4 rings (SSSR count). The van der Waals surface area contributed by atoms with Crippen LogP contribution in [0.15, 0.2) is 48.9 Å². The summed E-state index contributed by atoms with van der Waals surface area (Å²) >= 11 is 6.00. The molecule has 0 radical (unpaired) electrons. The van der Waals surface area contributed by atoms with Crippen molar-refractivity contribution in [3.8, 4) is 0 Å². The molecule has 0 amide bonds. The monoisotopic (exact) mass is 338 g/mol. The molecule has 3 aromatic heterocycles. The molecule has 120 valence electrons. The Morgan fingerprint density at radius 2 is 2.08 bits per heavy atom. The van der Waals surface area contributed by atoms with Crippen LogP contribution in [0.3, 0.4) is 0 Å². The number of para-hydroxylation sites is 1. The van der Waals surface area contributed by atoms with Gasteiger partial charge in [-0.05, 0) is 18.1 Å². The van der Waals surface area contributed by atoms with Crippen molar-refractivity contribution in [2.75, 3.05) is 17.6 Å². The van der Waals surface area contributed by atoms with Crippen molar-refractivity contribution < 1.29 is 0 Å². The molecule has 0 aliphatic heterocycles. The summed E-state index contributed by atoms with van der Waals surface area (Å²) in [5.74, 6) is 0.505. The highest BCUT2D eigenvalue weighted by molar-refractivity contribution is 6.33. The first kappa shape index (κ1) is 14.7. The van der Waals surface area contributed by atoms with Gasteiger partial charge in [0.1, 0.15) is 10.8 Å². The van der Waals surface area contributed by atoms with Crippen molar-refractivity contribution >= 4 is 39.7 Å². The van der Waals surface area contributed by atoms with Gasteiger partial charge >= 0.3 is 0 Å². The lowest BCUT2D eigenvalue weighted by atomic mass is 10.1. The SMILES string of the molecule is Nc1cc(NCCc2cnc3c(Cl)cnn3c2)c2ccccc2n1. The van der Waals surface area contributed by atoms with E-state index < -0.39 is 0 Å². The maximum absolute atomic E-state index is 6.00. The fourth-order valence-electron chi connectivity index (χ4n) is 2.70. The third-order valence-corrected chi connectivity index (χ3v) is 4.10. The molecule has 1 aromatic carbocycles. The van der Waals surface area contributed by atoms with Crippen LogP contribution in [-0.4, -0.2) is 26.1 Å². The number of benzene rings is 1.